The molecule has 0 spiro atoms. The van der Waals surface area contributed by atoms with Gasteiger partial charge in [0.1, 0.15) is 5.60 Å². The highest BCUT2D eigenvalue weighted by atomic mass is 16.6. The van der Waals surface area contributed by atoms with Crippen LogP contribution in [0.2, 0.25) is 0 Å². The van der Waals surface area contributed by atoms with Gasteiger partial charge < -0.3 is 9.64 Å². The van der Waals surface area contributed by atoms with Crippen LogP contribution in [0.1, 0.15) is 26.5 Å². The molecule has 1 rings (SSSR count). The second-order valence-electron chi connectivity index (χ2n) is 5.50. The quantitative estimate of drug-likeness (QED) is 0.906. The van der Waals surface area contributed by atoms with Crippen molar-refractivity contribution in [3.05, 3.63) is 17.8 Å². The number of nitrogens with one attached hydrogen (secondary N) is 1. The van der Waals surface area contributed by atoms with E-state index in [-0.39, 0.29) is 18.1 Å². The Morgan fingerprint density at radius 3 is 2.35 bits per heavy atom. The third kappa shape index (κ3) is 5.64. The molecule has 0 aliphatic heterocycles. The van der Waals surface area contributed by atoms with Gasteiger partial charge in [0.25, 0.3) is 0 Å². The van der Waals surface area contributed by atoms with Crippen molar-refractivity contribution in [2.75, 3.05) is 19.4 Å². The van der Waals surface area contributed by atoms with Crippen molar-refractivity contribution in [2.24, 2.45) is 0 Å². The molecule has 0 atom stereocenters. The molecule has 1 N–H and O–H groups in total. The zero-order valence-corrected chi connectivity index (χ0v) is 12.4. The minimum absolute atomic E-state index is 0.0628. The van der Waals surface area contributed by atoms with E-state index in [4.69, 9.17) is 4.74 Å². The highest BCUT2D eigenvalue weighted by Gasteiger charge is 2.16. The molecule has 0 saturated heterocycles. The summed E-state index contributed by atoms with van der Waals surface area (Å²) in [6, 6.07) is 3.22. The van der Waals surface area contributed by atoms with Gasteiger partial charge in [-0.15, -0.1) is 5.10 Å². The average Bonchev–Trinajstić information content (AvgIpc) is 2.28. The van der Waals surface area contributed by atoms with Gasteiger partial charge in [0, 0.05) is 14.1 Å². The predicted octanol–water partition coefficient (Wildman–Crippen LogP) is 1.45. The second-order valence-corrected chi connectivity index (χ2v) is 5.50. The Morgan fingerprint density at radius 1 is 1.25 bits per heavy atom. The Bertz CT molecular complexity index is 477. The number of hydrogen-bond acceptors (Lipinski definition) is 5. The van der Waals surface area contributed by atoms with E-state index in [9.17, 15) is 9.59 Å². The number of nitrogens with zero attached hydrogens (tertiary/aromatic N) is 3. The first kappa shape index (κ1) is 15.9. The molecule has 7 heteroatoms. The maximum Gasteiger partial charge on any atom is 0.413 e. The monoisotopic (exact) mass is 280 g/mol. The van der Waals surface area contributed by atoms with E-state index in [0.717, 1.165) is 0 Å². The van der Waals surface area contributed by atoms with Gasteiger partial charge in [-0.1, -0.05) is 0 Å². The highest BCUT2D eigenvalue weighted by molar-refractivity contribution is 5.83. The number of amides is 2. The second kappa shape index (κ2) is 6.31. The van der Waals surface area contributed by atoms with Gasteiger partial charge in [-0.2, -0.15) is 5.10 Å². The van der Waals surface area contributed by atoms with E-state index in [1.54, 1.807) is 47.0 Å². The summed E-state index contributed by atoms with van der Waals surface area (Å²) in [7, 11) is 3.35. The topological polar surface area (TPSA) is 84.4 Å². The van der Waals surface area contributed by atoms with Gasteiger partial charge in [-0.05, 0) is 32.9 Å². The number of rotatable bonds is 3. The molecule has 0 aliphatic rings. The number of anilines is 1. The SMILES string of the molecule is CN(C)C(=O)Cc1ccc(NC(=O)OC(C)(C)C)nn1. The van der Waals surface area contributed by atoms with Crippen LogP contribution in [-0.4, -0.2) is 46.8 Å². The van der Waals surface area contributed by atoms with Gasteiger partial charge in [-0.25, -0.2) is 4.79 Å². The Labute approximate surface area is 118 Å². The van der Waals surface area contributed by atoms with Gasteiger partial charge >= 0.3 is 6.09 Å². The Balaban J connectivity index is 2.59. The van der Waals surface area contributed by atoms with Crippen LogP contribution in [-0.2, 0) is 16.0 Å². The summed E-state index contributed by atoms with van der Waals surface area (Å²) < 4.78 is 5.09. The number of likely N-dealkylation sites (N-methyl/N-ethyl adjacent to an activating group) is 1. The van der Waals surface area contributed by atoms with E-state index in [2.05, 4.69) is 15.5 Å². The number of carbonyl (C=O) groups excluding carboxylic acids is 2. The molecule has 0 aromatic carbocycles. The molecule has 7 nitrogen and oxygen atoms in total. The molecule has 20 heavy (non-hydrogen) atoms. The van der Waals surface area contributed by atoms with Gasteiger partial charge in [0.05, 0.1) is 12.1 Å². The molecule has 1 heterocycles. The lowest BCUT2D eigenvalue weighted by Gasteiger charge is -2.19. The van der Waals surface area contributed by atoms with Crippen LogP contribution < -0.4 is 5.32 Å². The summed E-state index contributed by atoms with van der Waals surface area (Å²) in [6.07, 6.45) is -0.420. The van der Waals surface area contributed by atoms with Crippen molar-refractivity contribution < 1.29 is 14.3 Å². The van der Waals surface area contributed by atoms with E-state index < -0.39 is 11.7 Å². The molecule has 2 amide bonds. The third-order valence-corrected chi connectivity index (χ3v) is 2.18. The first-order valence-electron chi connectivity index (χ1n) is 6.20. The first-order chi connectivity index (χ1) is 9.17. The molecule has 0 aliphatic carbocycles. The van der Waals surface area contributed by atoms with Crippen LogP contribution in [0, 0.1) is 0 Å². The molecule has 0 fully saturated rings. The Hall–Kier alpha value is -2.18. The highest BCUT2D eigenvalue weighted by Crippen LogP contribution is 2.09. The Morgan fingerprint density at radius 2 is 1.90 bits per heavy atom. The van der Waals surface area contributed by atoms with Crippen molar-refractivity contribution in [1.82, 2.24) is 15.1 Å². The van der Waals surface area contributed by atoms with Gasteiger partial charge in [0.15, 0.2) is 5.82 Å². The molecule has 0 unspecified atom stereocenters. The maximum atomic E-state index is 11.5. The van der Waals surface area contributed by atoms with Gasteiger partial charge in [-0.3, -0.25) is 10.1 Å². The van der Waals surface area contributed by atoms with E-state index >= 15 is 0 Å². The lowest BCUT2D eigenvalue weighted by molar-refractivity contribution is -0.128. The van der Waals surface area contributed by atoms with E-state index in [1.165, 1.54) is 4.90 Å². The first-order valence-corrected chi connectivity index (χ1v) is 6.20. The molecule has 1 aromatic heterocycles. The number of ether oxygens (including phenoxy) is 1. The van der Waals surface area contributed by atoms with Crippen molar-refractivity contribution in [3.8, 4) is 0 Å². The van der Waals surface area contributed by atoms with Crippen LogP contribution in [0.25, 0.3) is 0 Å². The summed E-state index contributed by atoms with van der Waals surface area (Å²) in [6.45, 7) is 5.32. The summed E-state index contributed by atoms with van der Waals surface area (Å²) in [5.74, 6) is 0.215. The fourth-order valence-electron chi connectivity index (χ4n) is 1.24. The number of carbonyl (C=O) groups is 2. The smallest absolute Gasteiger partial charge is 0.413 e. The molecule has 110 valence electrons. The summed E-state index contributed by atoms with van der Waals surface area (Å²) >= 11 is 0. The molecule has 0 radical (unpaired) electrons. The average molecular weight is 280 g/mol. The van der Waals surface area contributed by atoms with E-state index in [0.29, 0.717) is 5.69 Å². The minimum atomic E-state index is -0.594. The molecule has 0 bridgehead atoms. The maximum absolute atomic E-state index is 11.5. The van der Waals surface area contributed by atoms with Crippen LogP contribution in [0.15, 0.2) is 12.1 Å². The standard InChI is InChI=1S/C13H20N4O3/c1-13(2,3)20-12(19)14-10-7-6-9(15-16-10)8-11(18)17(4)5/h6-7H,8H2,1-5H3,(H,14,16,19). The Kier molecular flexibility index (Phi) is 5.01. The normalized spacial score (nSPS) is 10.8. The molecular weight excluding hydrogens is 260 g/mol. The van der Waals surface area contributed by atoms with Crippen LogP contribution >= 0.6 is 0 Å². The number of hydrogen-bond donors (Lipinski definition) is 1. The molecule has 0 saturated carbocycles. The zero-order valence-electron chi connectivity index (χ0n) is 12.4. The van der Waals surface area contributed by atoms with Crippen molar-refractivity contribution >= 4 is 17.8 Å². The fraction of sp³-hybridized carbons (Fsp3) is 0.538. The third-order valence-electron chi connectivity index (χ3n) is 2.18. The minimum Gasteiger partial charge on any atom is -0.444 e. The van der Waals surface area contributed by atoms with E-state index in [1.807, 2.05) is 0 Å². The fourth-order valence-corrected chi connectivity index (χ4v) is 1.24. The van der Waals surface area contributed by atoms with Crippen molar-refractivity contribution in [2.45, 2.75) is 32.8 Å². The summed E-state index contributed by atoms with van der Waals surface area (Å²) in [5.41, 5.74) is -0.0336. The molecular formula is C13H20N4O3. The summed E-state index contributed by atoms with van der Waals surface area (Å²) in [5, 5.41) is 10.2. The lowest BCUT2D eigenvalue weighted by atomic mass is 10.2. The number of aromatic nitrogens is 2. The zero-order chi connectivity index (χ0) is 15.3. The van der Waals surface area contributed by atoms with Gasteiger partial charge in [0.2, 0.25) is 5.91 Å². The summed E-state index contributed by atoms with van der Waals surface area (Å²) in [4.78, 5) is 24.5. The lowest BCUT2D eigenvalue weighted by Crippen LogP contribution is -2.27. The van der Waals surface area contributed by atoms with Crippen LogP contribution in [0.4, 0.5) is 10.6 Å². The molecule has 1 aromatic rings. The van der Waals surface area contributed by atoms with Crippen molar-refractivity contribution in [3.63, 3.8) is 0 Å². The van der Waals surface area contributed by atoms with Crippen LogP contribution in [0.5, 0.6) is 0 Å². The van der Waals surface area contributed by atoms with Crippen LogP contribution in [0.3, 0.4) is 0 Å². The van der Waals surface area contributed by atoms with Crippen molar-refractivity contribution in [1.29, 1.82) is 0 Å². The predicted molar refractivity (Wildman–Crippen MR) is 74.3 cm³/mol. The largest absolute Gasteiger partial charge is 0.444 e.